The van der Waals surface area contributed by atoms with Crippen molar-refractivity contribution in [2.75, 3.05) is 0 Å². The van der Waals surface area contributed by atoms with Gasteiger partial charge in [0.05, 0.1) is 16.0 Å². The molecular formula is C24H42FeO7S. The third kappa shape index (κ3) is 30.6. The quantitative estimate of drug-likeness (QED) is 0.201. The minimum absolute atomic E-state index is 0. The predicted molar refractivity (Wildman–Crippen MR) is 131 cm³/mol. The first-order valence-corrected chi connectivity index (χ1v) is 12.1. The van der Waals surface area contributed by atoms with Crippen molar-refractivity contribution in [1.29, 1.82) is 0 Å². The van der Waals surface area contributed by atoms with E-state index < -0.39 is 38.1 Å². The Morgan fingerprint density at radius 1 is 0.697 bits per heavy atom. The zero-order chi connectivity index (χ0) is 26.2. The van der Waals surface area contributed by atoms with Crippen LogP contribution in [0.1, 0.15) is 99.8 Å². The summed E-state index contributed by atoms with van der Waals surface area (Å²) in [5.74, 6) is -2.99. The van der Waals surface area contributed by atoms with Crippen molar-refractivity contribution in [1.82, 2.24) is 0 Å². The van der Waals surface area contributed by atoms with Crippen LogP contribution in [0.5, 0.6) is 0 Å². The Hall–Kier alpha value is -1.41. The van der Waals surface area contributed by atoms with Crippen LogP contribution < -0.4 is 0 Å². The Labute approximate surface area is 212 Å². The molecule has 0 aliphatic rings. The van der Waals surface area contributed by atoms with Gasteiger partial charge in [0.2, 0.25) is 0 Å². The van der Waals surface area contributed by atoms with Gasteiger partial charge in [-0.25, -0.2) is 9.59 Å². The molecule has 0 aliphatic heterocycles. The molecule has 0 aliphatic carbocycles. The Kier molecular flexibility index (Phi) is 36.3. The average Bonchev–Trinajstić information content (AvgIpc) is 2.78. The summed E-state index contributed by atoms with van der Waals surface area (Å²) in [6.45, 7) is 22.9. The fraction of sp³-hybridized carbons (Fsp3) is 0.500. The standard InChI is InChI=1S/C8H6O7S.4C4H9.Fe/c9-7(10)4-1-5(8(11)12)3-6(2-4)16(13,14)15;4*1-3-4-2;/h1-3H,(H,9,10)(H,11,12)(H,13,14,15);4*1,3-4H2,2H3;/q;4*-1;+4. The molecule has 1 aromatic carbocycles. The molecule has 7 nitrogen and oxygen atoms in total. The number of benzene rings is 1. The van der Waals surface area contributed by atoms with Crippen molar-refractivity contribution in [3.8, 4) is 0 Å². The second-order valence-electron chi connectivity index (χ2n) is 6.25. The molecule has 194 valence electrons. The maximum absolute atomic E-state index is 10.8. The Bertz CT molecular complexity index is 634. The maximum atomic E-state index is 10.8. The van der Waals surface area contributed by atoms with E-state index in [0.29, 0.717) is 12.1 Å². The first-order valence-electron chi connectivity index (χ1n) is 10.6. The van der Waals surface area contributed by atoms with Gasteiger partial charge < -0.3 is 37.9 Å². The second kappa shape index (κ2) is 28.6. The van der Waals surface area contributed by atoms with Crippen LogP contribution in [0.2, 0.25) is 0 Å². The fourth-order valence-electron chi connectivity index (χ4n) is 0.995. The SMILES string of the molecule is O=C(O)c1cc(C(=O)O)cc(S(=O)(=O)O)c1.[CH2-]CCC.[CH2-]CCC.[CH2-]CCC.[CH2-]CCC.[Fe+4]. The molecule has 0 aromatic heterocycles. The molecule has 0 saturated heterocycles. The van der Waals surface area contributed by atoms with Gasteiger partial charge in [-0.1, -0.05) is 53.4 Å². The van der Waals surface area contributed by atoms with E-state index >= 15 is 0 Å². The van der Waals surface area contributed by atoms with Crippen molar-refractivity contribution in [3.63, 3.8) is 0 Å². The summed E-state index contributed by atoms with van der Waals surface area (Å²) in [5.41, 5.74) is -1.07. The molecule has 1 aromatic rings. The van der Waals surface area contributed by atoms with Crippen LogP contribution in [-0.2, 0) is 27.2 Å². The number of carboxylic acids is 2. The molecule has 1 rings (SSSR count). The molecule has 0 bridgehead atoms. The first kappa shape index (κ1) is 41.8. The normalized spacial score (nSPS) is 9.00. The monoisotopic (exact) mass is 530 g/mol. The van der Waals surface area contributed by atoms with Gasteiger partial charge in [0.1, 0.15) is 0 Å². The van der Waals surface area contributed by atoms with Gasteiger partial charge in [-0.3, -0.25) is 4.55 Å². The molecule has 33 heavy (non-hydrogen) atoms. The minimum Gasteiger partial charge on any atom is -0.478 e. The molecule has 0 heterocycles. The molecule has 0 fully saturated rings. The number of rotatable bonds is 7. The number of carboxylic acid groups (broad SMARTS) is 2. The maximum Gasteiger partial charge on any atom is 4.00 e. The molecule has 0 radical (unpaired) electrons. The predicted octanol–water partition coefficient (Wildman–Crippen LogP) is 6.81. The second-order valence-corrected chi connectivity index (χ2v) is 7.67. The number of unbranched alkanes of at least 4 members (excludes halogenated alkanes) is 4. The largest absolute Gasteiger partial charge is 4.00 e. The van der Waals surface area contributed by atoms with E-state index in [4.69, 9.17) is 14.8 Å². The van der Waals surface area contributed by atoms with E-state index in [2.05, 4.69) is 55.4 Å². The van der Waals surface area contributed by atoms with Crippen LogP contribution in [0, 0.1) is 27.7 Å². The van der Waals surface area contributed by atoms with Crippen LogP contribution in [0.3, 0.4) is 0 Å². The minimum atomic E-state index is -4.64. The summed E-state index contributed by atoms with van der Waals surface area (Å²) < 4.78 is 30.2. The number of carbonyl (C=O) groups is 2. The third-order valence-corrected chi connectivity index (χ3v) is 3.94. The topological polar surface area (TPSA) is 129 Å². The molecule has 3 N–H and O–H groups in total. The number of hydrogen-bond donors (Lipinski definition) is 3. The molecule has 9 heteroatoms. The Morgan fingerprint density at radius 2 is 0.909 bits per heavy atom. The molecule has 0 unspecified atom stereocenters. The van der Waals surface area contributed by atoms with Gasteiger partial charge in [-0.2, -0.15) is 34.1 Å². The summed E-state index contributed by atoms with van der Waals surface area (Å²) in [4.78, 5) is 20.4. The van der Waals surface area contributed by atoms with E-state index in [1.165, 1.54) is 25.7 Å². The smallest absolute Gasteiger partial charge is 0.478 e. The van der Waals surface area contributed by atoms with E-state index in [9.17, 15) is 18.0 Å². The molecular weight excluding hydrogens is 488 g/mol. The summed E-state index contributed by atoms with van der Waals surface area (Å²) >= 11 is 0. The van der Waals surface area contributed by atoms with Gasteiger partial charge in [0, 0.05) is 0 Å². The van der Waals surface area contributed by atoms with Crippen molar-refractivity contribution in [2.45, 2.75) is 84.0 Å². The summed E-state index contributed by atoms with van der Waals surface area (Å²) in [5, 5.41) is 17.2. The van der Waals surface area contributed by atoms with Crippen LogP contribution in [0.4, 0.5) is 0 Å². The van der Waals surface area contributed by atoms with Gasteiger partial charge in [-0.05, 0) is 18.2 Å². The Balaban J connectivity index is -0.000000126. The zero-order valence-corrected chi connectivity index (χ0v) is 22.4. The van der Waals surface area contributed by atoms with Gasteiger partial charge in [-0.15, -0.1) is 0 Å². The van der Waals surface area contributed by atoms with Crippen LogP contribution >= 0.6 is 0 Å². The van der Waals surface area contributed by atoms with E-state index in [1.54, 1.807) is 0 Å². The number of aromatic carboxylic acids is 2. The van der Waals surface area contributed by atoms with Gasteiger partial charge in [0.15, 0.2) is 0 Å². The third-order valence-electron chi connectivity index (χ3n) is 3.11. The van der Waals surface area contributed by atoms with Gasteiger partial charge in [0.25, 0.3) is 10.1 Å². The number of hydrogen-bond acceptors (Lipinski definition) is 4. The summed E-state index contributed by atoms with van der Waals surface area (Å²) in [6.07, 6.45) is 9.11. The average molecular weight is 531 g/mol. The first-order chi connectivity index (χ1) is 14.9. The summed E-state index contributed by atoms with van der Waals surface area (Å²) in [6, 6.07) is 2.13. The fourth-order valence-corrected chi connectivity index (χ4v) is 1.55. The van der Waals surface area contributed by atoms with Crippen molar-refractivity contribution < 1.29 is 49.8 Å². The van der Waals surface area contributed by atoms with Gasteiger partial charge >= 0.3 is 29.0 Å². The van der Waals surface area contributed by atoms with Crippen molar-refractivity contribution in [3.05, 3.63) is 57.0 Å². The van der Waals surface area contributed by atoms with Crippen molar-refractivity contribution in [2.24, 2.45) is 0 Å². The van der Waals surface area contributed by atoms with Crippen LogP contribution in [0.25, 0.3) is 0 Å². The molecule has 0 atom stereocenters. The van der Waals surface area contributed by atoms with Crippen LogP contribution in [0.15, 0.2) is 23.1 Å². The summed E-state index contributed by atoms with van der Waals surface area (Å²) in [7, 11) is -4.64. The van der Waals surface area contributed by atoms with E-state index in [0.717, 1.165) is 31.7 Å². The zero-order valence-electron chi connectivity index (χ0n) is 20.5. The van der Waals surface area contributed by atoms with E-state index in [1.807, 2.05) is 0 Å². The molecule has 0 spiro atoms. The molecule has 0 amide bonds. The molecule has 0 saturated carbocycles. The van der Waals surface area contributed by atoms with E-state index in [-0.39, 0.29) is 17.1 Å². The Morgan fingerprint density at radius 3 is 1.03 bits per heavy atom. The van der Waals surface area contributed by atoms with Crippen molar-refractivity contribution >= 4 is 22.1 Å². The van der Waals surface area contributed by atoms with Crippen LogP contribution in [-0.4, -0.2) is 35.1 Å².